The van der Waals surface area contributed by atoms with Crippen molar-refractivity contribution < 1.29 is 18.3 Å². The van der Waals surface area contributed by atoms with E-state index in [0.717, 1.165) is 43.2 Å². The molecule has 13 heteroatoms. The summed E-state index contributed by atoms with van der Waals surface area (Å²) in [4.78, 5) is 33.4. The molecule has 3 N–H and O–H groups in total. The maximum atomic E-state index is 15.7. The van der Waals surface area contributed by atoms with Crippen molar-refractivity contribution in [1.82, 2.24) is 28.8 Å². The highest BCUT2D eigenvalue weighted by atomic mass is 19.1. The summed E-state index contributed by atoms with van der Waals surface area (Å²) < 4.78 is 40.1. The molecular weight excluding hydrogens is 678 g/mol. The van der Waals surface area contributed by atoms with Crippen LogP contribution in [-0.2, 0) is 17.7 Å². The van der Waals surface area contributed by atoms with E-state index in [1.807, 2.05) is 12.1 Å². The van der Waals surface area contributed by atoms with Crippen LogP contribution in [0.2, 0.25) is 0 Å². The number of H-pyrrole nitrogens is 1. The number of hydrogen-bond donors (Lipinski definition) is 3. The van der Waals surface area contributed by atoms with Gasteiger partial charge in [-0.2, -0.15) is 5.10 Å². The summed E-state index contributed by atoms with van der Waals surface area (Å²) in [5.74, 6) is -0.348. The van der Waals surface area contributed by atoms with Gasteiger partial charge in [0.15, 0.2) is 5.82 Å². The molecule has 2 aliphatic heterocycles. The summed E-state index contributed by atoms with van der Waals surface area (Å²) in [7, 11) is 1.63. The van der Waals surface area contributed by atoms with E-state index in [-0.39, 0.29) is 29.5 Å². The lowest BCUT2D eigenvalue weighted by atomic mass is 9.59. The molecule has 5 heterocycles. The first kappa shape index (κ1) is 33.0. The standard InChI is InChI=1S/C40H38F2N8O3/c1-22-12-27(13-23(2)35(22)41)50-37(49-11-10-48(39(49)52)34-7-6-31(44-3)28(18-43)36(34)42)29-19-47(9-8-32(29)46-50)38(51)33-15-25-14-24(4-5-30(25)45-33)26-16-40(17-26)20-53-21-40/h4-7,10-15,18,26,43-45H,8-9,16-17,19-21H2,1-3H3. The molecular formula is C40H38F2N8O3. The van der Waals surface area contributed by atoms with E-state index < -0.39 is 11.5 Å². The topological polar surface area (TPSA) is 126 Å². The lowest BCUT2D eigenvalue weighted by Crippen LogP contribution is -2.51. The van der Waals surface area contributed by atoms with Gasteiger partial charge in [0.05, 0.1) is 42.4 Å². The number of carbonyl (C=O) groups excluding carboxylic acids is 1. The lowest BCUT2D eigenvalue weighted by molar-refractivity contribution is -0.164. The predicted molar refractivity (Wildman–Crippen MR) is 197 cm³/mol. The molecule has 0 unspecified atom stereocenters. The second-order valence-corrected chi connectivity index (χ2v) is 14.7. The average Bonchev–Trinajstić information content (AvgIpc) is 3.82. The van der Waals surface area contributed by atoms with E-state index in [4.69, 9.17) is 15.2 Å². The Balaban J connectivity index is 1.09. The first-order valence-electron chi connectivity index (χ1n) is 17.8. The third kappa shape index (κ3) is 5.16. The number of aromatic nitrogens is 5. The number of carbonyl (C=O) groups is 1. The molecule has 11 nitrogen and oxygen atoms in total. The van der Waals surface area contributed by atoms with Crippen molar-refractivity contribution in [3.8, 4) is 17.2 Å². The first-order valence-corrected chi connectivity index (χ1v) is 17.8. The van der Waals surface area contributed by atoms with Gasteiger partial charge in [0, 0.05) is 66.2 Å². The van der Waals surface area contributed by atoms with Gasteiger partial charge in [0.25, 0.3) is 5.91 Å². The van der Waals surface area contributed by atoms with Crippen LogP contribution >= 0.6 is 0 Å². The summed E-state index contributed by atoms with van der Waals surface area (Å²) in [6.45, 7) is 5.62. The van der Waals surface area contributed by atoms with Gasteiger partial charge in [-0.05, 0) is 91.8 Å². The van der Waals surface area contributed by atoms with E-state index in [1.165, 1.54) is 33.2 Å². The number of benzene rings is 3. The van der Waals surface area contributed by atoms with Crippen molar-refractivity contribution in [2.45, 2.75) is 45.6 Å². The molecule has 1 saturated heterocycles. The van der Waals surface area contributed by atoms with Crippen molar-refractivity contribution in [2.24, 2.45) is 5.41 Å². The quantitative estimate of drug-likeness (QED) is 0.167. The zero-order valence-electron chi connectivity index (χ0n) is 29.6. The van der Waals surface area contributed by atoms with Crippen molar-refractivity contribution in [2.75, 3.05) is 32.1 Å². The molecule has 3 aromatic heterocycles. The van der Waals surface area contributed by atoms with Crippen molar-refractivity contribution in [3.05, 3.63) is 122 Å². The number of imidazole rings is 1. The van der Waals surface area contributed by atoms with Gasteiger partial charge < -0.3 is 25.3 Å². The first-order chi connectivity index (χ1) is 25.6. The molecule has 270 valence electrons. The van der Waals surface area contributed by atoms with Gasteiger partial charge in [-0.25, -0.2) is 18.3 Å². The van der Waals surface area contributed by atoms with Crippen LogP contribution < -0.4 is 11.0 Å². The molecule has 53 heavy (non-hydrogen) atoms. The second-order valence-electron chi connectivity index (χ2n) is 14.7. The normalized spacial score (nSPS) is 16.4. The average molecular weight is 717 g/mol. The Morgan fingerprint density at radius 3 is 2.49 bits per heavy atom. The van der Waals surface area contributed by atoms with E-state index >= 15 is 4.39 Å². The zero-order valence-corrected chi connectivity index (χ0v) is 29.6. The smallest absolute Gasteiger partial charge is 0.338 e. The number of nitrogens with one attached hydrogen (secondary N) is 3. The van der Waals surface area contributed by atoms with Crippen molar-refractivity contribution >= 4 is 28.7 Å². The number of ether oxygens (including phenoxy) is 1. The molecule has 3 aliphatic rings. The molecule has 6 aromatic rings. The Hall–Kier alpha value is -5.82. The molecule has 0 bridgehead atoms. The Morgan fingerprint density at radius 2 is 1.79 bits per heavy atom. The Bertz CT molecular complexity index is 2530. The van der Waals surface area contributed by atoms with Crippen LogP contribution in [0.15, 0.2) is 65.7 Å². The third-order valence-electron chi connectivity index (χ3n) is 11.3. The highest BCUT2D eigenvalue weighted by Crippen LogP contribution is 2.55. The number of fused-ring (bicyclic) bond motifs is 2. The van der Waals surface area contributed by atoms with E-state index in [2.05, 4.69) is 22.4 Å². The predicted octanol–water partition coefficient (Wildman–Crippen LogP) is 6.32. The number of rotatable bonds is 7. The molecule has 1 amide bonds. The molecule has 2 fully saturated rings. The molecule has 0 radical (unpaired) electrons. The van der Waals surface area contributed by atoms with Gasteiger partial charge >= 0.3 is 5.69 Å². The molecule has 1 spiro atoms. The van der Waals surface area contributed by atoms with Gasteiger partial charge in [0.1, 0.15) is 17.3 Å². The van der Waals surface area contributed by atoms with Crippen LogP contribution in [0.4, 0.5) is 14.5 Å². The fourth-order valence-electron chi connectivity index (χ4n) is 8.39. The van der Waals surface area contributed by atoms with E-state index in [0.29, 0.717) is 69.6 Å². The van der Waals surface area contributed by atoms with Crippen LogP contribution in [0.1, 0.15) is 62.8 Å². The van der Waals surface area contributed by atoms with Crippen LogP contribution in [0.25, 0.3) is 28.1 Å². The van der Waals surface area contributed by atoms with Crippen molar-refractivity contribution in [1.29, 1.82) is 5.41 Å². The van der Waals surface area contributed by atoms with Gasteiger partial charge in [0.2, 0.25) is 0 Å². The molecule has 1 saturated carbocycles. The number of nitrogens with zero attached hydrogens (tertiary/aromatic N) is 5. The summed E-state index contributed by atoms with van der Waals surface area (Å²) in [5.41, 5.74) is 5.60. The number of hydrogen-bond acceptors (Lipinski definition) is 6. The SMILES string of the molecule is CNc1ccc(-n2ccn(-c3c4c(nn3-c3cc(C)c(F)c(C)c3)CCN(C(=O)c3cc5cc(C6CC7(COC7)C6)ccc5[nH]3)C4)c2=O)c(F)c1C=N. The van der Waals surface area contributed by atoms with Crippen LogP contribution in [-0.4, -0.2) is 67.7 Å². The number of halogens is 2. The van der Waals surface area contributed by atoms with Crippen LogP contribution in [0.3, 0.4) is 0 Å². The van der Waals surface area contributed by atoms with Crippen molar-refractivity contribution in [3.63, 3.8) is 0 Å². The molecule has 1 aliphatic carbocycles. The fourth-order valence-corrected chi connectivity index (χ4v) is 8.39. The highest BCUT2D eigenvalue weighted by molar-refractivity contribution is 5.98. The number of anilines is 1. The Labute approximate surface area is 303 Å². The third-order valence-corrected chi connectivity index (χ3v) is 11.3. The summed E-state index contributed by atoms with van der Waals surface area (Å²) in [6.07, 6.45) is 6.60. The zero-order chi connectivity index (χ0) is 36.8. The fraction of sp³-hybridized carbons (Fsp3) is 0.300. The minimum Gasteiger partial charge on any atom is -0.388 e. The van der Waals surface area contributed by atoms with Gasteiger partial charge in [-0.1, -0.05) is 6.07 Å². The lowest BCUT2D eigenvalue weighted by Gasteiger charge is -2.53. The monoisotopic (exact) mass is 716 g/mol. The molecule has 0 atom stereocenters. The molecule has 9 rings (SSSR count). The number of amides is 1. The Kier molecular flexibility index (Phi) is 7.56. The molecule has 3 aromatic carbocycles. The summed E-state index contributed by atoms with van der Waals surface area (Å²) in [5, 5.41) is 16.5. The summed E-state index contributed by atoms with van der Waals surface area (Å²) in [6, 6.07) is 14.7. The van der Waals surface area contributed by atoms with Gasteiger partial charge in [-0.15, -0.1) is 0 Å². The number of aryl methyl sites for hydroxylation is 2. The maximum Gasteiger partial charge on any atom is 0.338 e. The number of aromatic amines is 1. The maximum absolute atomic E-state index is 15.7. The second kappa shape index (κ2) is 12.1. The van der Waals surface area contributed by atoms with E-state index in [1.54, 1.807) is 48.7 Å². The minimum absolute atomic E-state index is 0.0203. The van der Waals surface area contributed by atoms with Gasteiger partial charge in [-0.3, -0.25) is 13.9 Å². The van der Waals surface area contributed by atoms with Crippen LogP contribution in [0, 0.1) is 36.3 Å². The largest absolute Gasteiger partial charge is 0.388 e. The van der Waals surface area contributed by atoms with E-state index in [9.17, 15) is 14.0 Å². The Morgan fingerprint density at radius 1 is 1.04 bits per heavy atom. The van der Waals surface area contributed by atoms with Crippen LogP contribution in [0.5, 0.6) is 0 Å². The minimum atomic E-state index is -0.723. The highest BCUT2D eigenvalue weighted by Gasteiger charge is 2.50. The summed E-state index contributed by atoms with van der Waals surface area (Å²) >= 11 is 0.